The van der Waals surface area contributed by atoms with E-state index in [-0.39, 0.29) is 5.02 Å². The van der Waals surface area contributed by atoms with E-state index in [0.717, 1.165) is 0 Å². The molecular formula is C14H19BrClFN2O2. The van der Waals surface area contributed by atoms with Crippen LogP contribution >= 0.6 is 27.5 Å². The first-order valence-electron chi connectivity index (χ1n) is 6.87. The van der Waals surface area contributed by atoms with Gasteiger partial charge in [0.1, 0.15) is 5.82 Å². The minimum absolute atomic E-state index is 0.0476. The zero-order chi connectivity index (χ0) is 15.5. The van der Waals surface area contributed by atoms with Crippen LogP contribution in [0.4, 0.5) is 4.39 Å². The van der Waals surface area contributed by atoms with Gasteiger partial charge < -0.3 is 9.47 Å². The fraction of sp³-hybridized carbons (Fsp3) is 0.571. The zero-order valence-corrected chi connectivity index (χ0v) is 14.1. The normalized spacial score (nSPS) is 19.5. The summed E-state index contributed by atoms with van der Waals surface area (Å²) in [6, 6.07) is 2.89. The maximum absolute atomic E-state index is 14.5. The van der Waals surface area contributed by atoms with Gasteiger partial charge in [0, 0.05) is 42.7 Å². The van der Waals surface area contributed by atoms with Crippen LogP contribution in [0.2, 0.25) is 5.02 Å². The zero-order valence-electron chi connectivity index (χ0n) is 11.8. The summed E-state index contributed by atoms with van der Waals surface area (Å²) in [5.74, 6) is 5.23. The Morgan fingerprint density at radius 3 is 2.76 bits per heavy atom. The van der Waals surface area contributed by atoms with E-state index in [1.54, 1.807) is 12.1 Å². The highest BCUT2D eigenvalue weighted by Gasteiger charge is 2.43. The minimum atomic E-state index is -0.597. The van der Waals surface area contributed by atoms with Crippen molar-refractivity contribution in [3.05, 3.63) is 33.0 Å². The summed E-state index contributed by atoms with van der Waals surface area (Å²) in [6.07, 6.45) is 1.28. The Balaban J connectivity index is 2.43. The highest BCUT2D eigenvalue weighted by atomic mass is 79.9. The number of hydrogen-bond acceptors (Lipinski definition) is 4. The van der Waals surface area contributed by atoms with E-state index in [1.807, 2.05) is 6.92 Å². The number of rotatable bonds is 5. The van der Waals surface area contributed by atoms with Crippen LogP contribution in [0.3, 0.4) is 0 Å². The fourth-order valence-corrected chi connectivity index (χ4v) is 3.29. The lowest BCUT2D eigenvalue weighted by Crippen LogP contribution is -2.52. The van der Waals surface area contributed by atoms with Crippen LogP contribution in [0.15, 0.2) is 16.6 Å². The topological polar surface area (TPSA) is 56.5 Å². The second kappa shape index (κ2) is 7.35. The monoisotopic (exact) mass is 380 g/mol. The molecule has 4 nitrogen and oxygen atoms in total. The van der Waals surface area contributed by atoms with Gasteiger partial charge in [-0.3, -0.25) is 5.84 Å². The molecule has 1 unspecified atom stereocenters. The van der Waals surface area contributed by atoms with E-state index in [0.29, 0.717) is 42.7 Å². The molecule has 0 bridgehead atoms. The third kappa shape index (κ3) is 3.41. The standard InChI is InChI=1S/C14H19BrClFN2O2/c1-2-21-14(5-7-20-8-6-14)13(19-18)9-3-4-10(15)11(16)12(9)17/h3-4,13,19H,2,5-8,18H2,1H3. The quantitative estimate of drug-likeness (QED) is 0.467. The molecule has 118 valence electrons. The van der Waals surface area contributed by atoms with Crippen molar-refractivity contribution < 1.29 is 13.9 Å². The van der Waals surface area contributed by atoms with Crippen molar-refractivity contribution in [2.75, 3.05) is 19.8 Å². The van der Waals surface area contributed by atoms with Crippen molar-refractivity contribution in [1.29, 1.82) is 0 Å². The molecular weight excluding hydrogens is 363 g/mol. The second-order valence-electron chi connectivity index (χ2n) is 4.97. The van der Waals surface area contributed by atoms with E-state index in [9.17, 15) is 4.39 Å². The van der Waals surface area contributed by atoms with Crippen molar-refractivity contribution >= 4 is 27.5 Å². The molecule has 1 atom stereocenters. The number of nitrogens with one attached hydrogen (secondary N) is 1. The molecule has 1 heterocycles. The van der Waals surface area contributed by atoms with Crippen molar-refractivity contribution in [2.45, 2.75) is 31.4 Å². The highest BCUT2D eigenvalue weighted by molar-refractivity contribution is 9.10. The molecule has 7 heteroatoms. The molecule has 1 aromatic carbocycles. The number of halogens is 3. The van der Waals surface area contributed by atoms with Crippen molar-refractivity contribution in [3.63, 3.8) is 0 Å². The molecule has 1 aliphatic rings. The molecule has 2 rings (SSSR count). The van der Waals surface area contributed by atoms with E-state index >= 15 is 0 Å². The van der Waals surface area contributed by atoms with Crippen LogP contribution < -0.4 is 11.3 Å². The van der Waals surface area contributed by atoms with Gasteiger partial charge in [-0.1, -0.05) is 17.7 Å². The Morgan fingerprint density at radius 2 is 2.19 bits per heavy atom. The molecule has 0 spiro atoms. The van der Waals surface area contributed by atoms with E-state index < -0.39 is 17.5 Å². The molecule has 21 heavy (non-hydrogen) atoms. The molecule has 0 aliphatic carbocycles. The van der Waals surface area contributed by atoms with Crippen molar-refractivity contribution in [3.8, 4) is 0 Å². The molecule has 0 radical (unpaired) electrons. The Bertz CT molecular complexity index is 493. The van der Waals surface area contributed by atoms with Gasteiger partial charge in [-0.2, -0.15) is 0 Å². The molecule has 0 amide bonds. The maximum atomic E-state index is 14.5. The lowest BCUT2D eigenvalue weighted by molar-refractivity contribution is -0.128. The molecule has 3 N–H and O–H groups in total. The number of nitrogens with two attached hydrogens (primary N) is 1. The van der Waals surface area contributed by atoms with Crippen LogP contribution in [0.5, 0.6) is 0 Å². The SMILES string of the molecule is CCOC1(C(NN)c2ccc(Br)c(Cl)c2F)CCOCC1. The van der Waals surface area contributed by atoms with E-state index in [2.05, 4.69) is 21.4 Å². The second-order valence-corrected chi connectivity index (χ2v) is 6.21. The molecule has 1 aromatic rings. The summed E-state index contributed by atoms with van der Waals surface area (Å²) in [5.41, 5.74) is 2.51. The minimum Gasteiger partial charge on any atom is -0.381 e. The third-order valence-electron chi connectivity index (χ3n) is 3.84. The Morgan fingerprint density at radius 1 is 1.52 bits per heavy atom. The highest BCUT2D eigenvalue weighted by Crippen LogP contribution is 2.40. The van der Waals surface area contributed by atoms with E-state index in [1.165, 1.54) is 0 Å². The fourth-order valence-electron chi connectivity index (χ4n) is 2.81. The van der Waals surface area contributed by atoms with Crippen LogP contribution in [-0.2, 0) is 9.47 Å². The predicted octanol–water partition coefficient (Wildman–Crippen LogP) is 3.33. The average molecular weight is 382 g/mol. The summed E-state index contributed by atoms with van der Waals surface area (Å²) in [5, 5.41) is 0.0476. The van der Waals surface area contributed by atoms with Crippen LogP contribution in [0, 0.1) is 5.82 Å². The van der Waals surface area contributed by atoms with Crippen LogP contribution in [0.1, 0.15) is 31.4 Å². The van der Waals surface area contributed by atoms with Crippen molar-refractivity contribution in [1.82, 2.24) is 5.43 Å². The third-order valence-corrected chi connectivity index (χ3v) is 5.10. The van der Waals surface area contributed by atoms with Gasteiger partial charge in [0.05, 0.1) is 16.7 Å². The van der Waals surface area contributed by atoms with Crippen LogP contribution in [0.25, 0.3) is 0 Å². The summed E-state index contributed by atoms with van der Waals surface area (Å²) < 4.78 is 26.4. The largest absolute Gasteiger partial charge is 0.381 e. The predicted molar refractivity (Wildman–Crippen MR) is 83.6 cm³/mol. The van der Waals surface area contributed by atoms with Gasteiger partial charge in [-0.15, -0.1) is 0 Å². The Labute approximate surface area is 137 Å². The lowest BCUT2D eigenvalue weighted by Gasteiger charge is -2.43. The molecule has 0 saturated carbocycles. The first kappa shape index (κ1) is 17.1. The summed E-state index contributed by atoms with van der Waals surface area (Å²) >= 11 is 9.21. The Hall–Kier alpha value is -0.240. The van der Waals surface area contributed by atoms with Gasteiger partial charge in [0.15, 0.2) is 0 Å². The molecule has 1 saturated heterocycles. The summed E-state index contributed by atoms with van der Waals surface area (Å²) in [4.78, 5) is 0. The number of hydrogen-bond donors (Lipinski definition) is 2. The molecule has 1 aliphatic heterocycles. The van der Waals surface area contributed by atoms with Gasteiger partial charge >= 0.3 is 0 Å². The molecule has 0 aromatic heterocycles. The average Bonchev–Trinajstić information content (AvgIpc) is 2.49. The number of ether oxygens (including phenoxy) is 2. The Kier molecular flexibility index (Phi) is 5.99. The lowest BCUT2D eigenvalue weighted by atomic mass is 9.82. The summed E-state index contributed by atoms with van der Waals surface area (Å²) in [6.45, 7) is 3.55. The maximum Gasteiger partial charge on any atom is 0.147 e. The smallest absolute Gasteiger partial charge is 0.147 e. The number of benzene rings is 1. The van der Waals surface area contributed by atoms with Gasteiger partial charge in [0.25, 0.3) is 0 Å². The van der Waals surface area contributed by atoms with Crippen molar-refractivity contribution in [2.24, 2.45) is 5.84 Å². The molecule has 1 fully saturated rings. The first-order chi connectivity index (χ1) is 10.1. The van der Waals surface area contributed by atoms with Crippen LogP contribution in [-0.4, -0.2) is 25.4 Å². The van der Waals surface area contributed by atoms with Gasteiger partial charge in [0.2, 0.25) is 0 Å². The van der Waals surface area contributed by atoms with E-state index in [4.69, 9.17) is 26.9 Å². The van der Waals surface area contributed by atoms with Gasteiger partial charge in [-0.05, 0) is 28.9 Å². The number of hydrazine groups is 1. The van der Waals surface area contributed by atoms with Gasteiger partial charge in [-0.25, -0.2) is 9.82 Å². The summed E-state index contributed by atoms with van der Waals surface area (Å²) in [7, 11) is 0. The first-order valence-corrected chi connectivity index (χ1v) is 8.04.